The molecule has 0 heterocycles. The van der Waals surface area contributed by atoms with Crippen LogP contribution in [0.4, 0.5) is 0 Å². The van der Waals surface area contributed by atoms with E-state index in [1.165, 1.54) is 12.8 Å². The van der Waals surface area contributed by atoms with Gasteiger partial charge in [-0.1, -0.05) is 33.6 Å². The molecule has 14 heavy (non-hydrogen) atoms. The van der Waals surface area contributed by atoms with E-state index in [-0.39, 0.29) is 17.9 Å². The molecule has 1 aliphatic rings. The molecule has 0 aromatic rings. The molecular weight excluding hydrogens is 174 g/mol. The number of hydrogen-bond acceptors (Lipinski definition) is 2. The SMILES string of the molecule is CC1CCCC(C(=O)[C@@H](N)C(C)C)C1. The molecule has 3 atom stereocenters. The normalized spacial score (nSPS) is 30.4. The molecule has 1 rings (SSSR count). The van der Waals surface area contributed by atoms with E-state index in [1.807, 2.05) is 13.8 Å². The molecule has 2 N–H and O–H groups in total. The Hall–Kier alpha value is -0.370. The van der Waals surface area contributed by atoms with Gasteiger partial charge in [0, 0.05) is 5.92 Å². The average molecular weight is 197 g/mol. The fraction of sp³-hybridized carbons (Fsp3) is 0.917. The number of ketones is 1. The third-order valence-corrected chi connectivity index (χ3v) is 3.39. The van der Waals surface area contributed by atoms with Gasteiger partial charge in [0.25, 0.3) is 0 Å². The molecule has 0 aromatic carbocycles. The van der Waals surface area contributed by atoms with Gasteiger partial charge in [-0.2, -0.15) is 0 Å². The second-order valence-corrected chi connectivity index (χ2v) is 5.14. The van der Waals surface area contributed by atoms with Gasteiger partial charge >= 0.3 is 0 Å². The average Bonchev–Trinajstić information content (AvgIpc) is 2.15. The summed E-state index contributed by atoms with van der Waals surface area (Å²) in [6, 6.07) is -0.245. The summed E-state index contributed by atoms with van der Waals surface area (Å²) >= 11 is 0. The van der Waals surface area contributed by atoms with Crippen LogP contribution in [0.1, 0.15) is 46.5 Å². The van der Waals surface area contributed by atoms with Crippen molar-refractivity contribution in [3.63, 3.8) is 0 Å². The largest absolute Gasteiger partial charge is 0.321 e. The summed E-state index contributed by atoms with van der Waals surface area (Å²) in [7, 11) is 0. The van der Waals surface area contributed by atoms with E-state index in [0.29, 0.717) is 11.7 Å². The minimum absolute atomic E-state index is 0.245. The van der Waals surface area contributed by atoms with Crippen LogP contribution in [0, 0.1) is 17.8 Å². The molecule has 0 amide bonds. The third kappa shape index (κ3) is 2.81. The van der Waals surface area contributed by atoms with Crippen LogP contribution in [0.2, 0.25) is 0 Å². The number of rotatable bonds is 3. The molecule has 0 aromatic heterocycles. The van der Waals surface area contributed by atoms with Crippen molar-refractivity contribution >= 4 is 5.78 Å². The smallest absolute Gasteiger partial charge is 0.152 e. The number of hydrogen-bond donors (Lipinski definition) is 1. The summed E-state index contributed by atoms with van der Waals surface area (Å²) in [5, 5.41) is 0. The van der Waals surface area contributed by atoms with E-state index in [1.54, 1.807) is 0 Å². The second-order valence-electron chi connectivity index (χ2n) is 5.14. The van der Waals surface area contributed by atoms with Crippen LogP contribution in [0.3, 0.4) is 0 Å². The maximum Gasteiger partial charge on any atom is 0.152 e. The zero-order chi connectivity index (χ0) is 10.7. The van der Waals surface area contributed by atoms with Crippen molar-refractivity contribution in [3.8, 4) is 0 Å². The van der Waals surface area contributed by atoms with Gasteiger partial charge in [0.2, 0.25) is 0 Å². The molecule has 0 saturated heterocycles. The monoisotopic (exact) mass is 197 g/mol. The Kier molecular flexibility index (Phi) is 4.11. The minimum Gasteiger partial charge on any atom is -0.321 e. The lowest BCUT2D eigenvalue weighted by atomic mass is 9.77. The maximum atomic E-state index is 12.0. The van der Waals surface area contributed by atoms with Crippen LogP contribution in [-0.4, -0.2) is 11.8 Å². The van der Waals surface area contributed by atoms with Gasteiger partial charge in [0.05, 0.1) is 6.04 Å². The number of carbonyl (C=O) groups excluding carboxylic acids is 1. The van der Waals surface area contributed by atoms with Crippen molar-refractivity contribution in [2.75, 3.05) is 0 Å². The quantitative estimate of drug-likeness (QED) is 0.754. The Labute approximate surface area is 87.2 Å². The highest BCUT2D eigenvalue weighted by atomic mass is 16.1. The Morgan fingerprint density at radius 1 is 1.36 bits per heavy atom. The summed E-state index contributed by atoms with van der Waals surface area (Å²) in [5.41, 5.74) is 5.89. The molecule has 1 saturated carbocycles. The van der Waals surface area contributed by atoms with E-state index in [9.17, 15) is 4.79 Å². The van der Waals surface area contributed by atoms with Crippen LogP contribution < -0.4 is 5.73 Å². The molecule has 1 fully saturated rings. The van der Waals surface area contributed by atoms with Crippen molar-refractivity contribution in [3.05, 3.63) is 0 Å². The molecule has 0 bridgehead atoms. The molecular formula is C12H23NO. The van der Waals surface area contributed by atoms with Crippen molar-refractivity contribution in [2.24, 2.45) is 23.5 Å². The Morgan fingerprint density at radius 2 is 2.00 bits per heavy atom. The maximum absolute atomic E-state index is 12.0. The molecule has 1 aliphatic carbocycles. The van der Waals surface area contributed by atoms with Gasteiger partial charge in [-0.3, -0.25) is 4.79 Å². The van der Waals surface area contributed by atoms with Gasteiger partial charge < -0.3 is 5.73 Å². The third-order valence-electron chi connectivity index (χ3n) is 3.39. The number of Topliss-reactive ketones (excluding diaryl/α,β-unsaturated/α-hetero) is 1. The highest BCUT2D eigenvalue weighted by Gasteiger charge is 2.29. The summed E-state index contributed by atoms with van der Waals surface area (Å²) in [4.78, 5) is 12.0. The lowest BCUT2D eigenvalue weighted by molar-refractivity contribution is -0.126. The van der Waals surface area contributed by atoms with Gasteiger partial charge in [0.1, 0.15) is 0 Å². The first-order valence-corrected chi connectivity index (χ1v) is 5.81. The van der Waals surface area contributed by atoms with E-state index in [4.69, 9.17) is 5.73 Å². The fourth-order valence-corrected chi connectivity index (χ4v) is 2.29. The Balaban J connectivity index is 2.51. The van der Waals surface area contributed by atoms with Crippen LogP contribution in [0.25, 0.3) is 0 Å². The molecule has 2 heteroatoms. The number of nitrogens with two attached hydrogens (primary N) is 1. The van der Waals surface area contributed by atoms with Gasteiger partial charge in [-0.15, -0.1) is 0 Å². The minimum atomic E-state index is -0.245. The van der Waals surface area contributed by atoms with Crippen LogP contribution in [0.15, 0.2) is 0 Å². The lowest BCUT2D eigenvalue weighted by Gasteiger charge is -2.28. The summed E-state index contributed by atoms with van der Waals surface area (Å²) in [6.45, 7) is 6.28. The van der Waals surface area contributed by atoms with Gasteiger partial charge in [-0.25, -0.2) is 0 Å². The van der Waals surface area contributed by atoms with E-state index >= 15 is 0 Å². The summed E-state index contributed by atoms with van der Waals surface area (Å²) in [6.07, 6.45) is 4.59. The molecule has 2 unspecified atom stereocenters. The molecule has 0 aliphatic heterocycles. The van der Waals surface area contributed by atoms with E-state index in [2.05, 4.69) is 6.92 Å². The predicted octanol–water partition coefficient (Wildman–Crippen LogP) is 2.37. The molecule has 0 radical (unpaired) electrons. The van der Waals surface area contributed by atoms with Crippen LogP contribution in [-0.2, 0) is 4.79 Å². The first kappa shape index (κ1) is 11.7. The molecule has 0 spiro atoms. The van der Waals surface area contributed by atoms with Crippen molar-refractivity contribution in [1.29, 1.82) is 0 Å². The fourth-order valence-electron chi connectivity index (χ4n) is 2.29. The molecule has 82 valence electrons. The van der Waals surface area contributed by atoms with Gasteiger partial charge in [0.15, 0.2) is 5.78 Å². The summed E-state index contributed by atoms with van der Waals surface area (Å²) < 4.78 is 0. The van der Waals surface area contributed by atoms with Gasteiger partial charge in [-0.05, 0) is 24.7 Å². The standard InChI is InChI=1S/C12H23NO/c1-8(2)11(13)12(14)10-6-4-5-9(3)7-10/h8-11H,4-7,13H2,1-3H3/t9?,10?,11-/m0/s1. The van der Waals surface area contributed by atoms with E-state index in [0.717, 1.165) is 12.8 Å². The Morgan fingerprint density at radius 3 is 2.50 bits per heavy atom. The predicted molar refractivity (Wildman–Crippen MR) is 58.9 cm³/mol. The second kappa shape index (κ2) is 4.92. The van der Waals surface area contributed by atoms with Crippen molar-refractivity contribution in [1.82, 2.24) is 0 Å². The van der Waals surface area contributed by atoms with E-state index < -0.39 is 0 Å². The Bertz CT molecular complexity index is 200. The van der Waals surface area contributed by atoms with Crippen LogP contribution >= 0.6 is 0 Å². The van der Waals surface area contributed by atoms with Crippen LogP contribution in [0.5, 0.6) is 0 Å². The zero-order valence-electron chi connectivity index (χ0n) is 9.62. The first-order chi connectivity index (χ1) is 6.52. The summed E-state index contributed by atoms with van der Waals surface area (Å²) in [5.74, 6) is 1.53. The van der Waals surface area contributed by atoms with Crippen molar-refractivity contribution in [2.45, 2.75) is 52.5 Å². The lowest BCUT2D eigenvalue weighted by Crippen LogP contribution is -2.41. The first-order valence-electron chi connectivity index (χ1n) is 5.81. The van der Waals surface area contributed by atoms with Crippen molar-refractivity contribution < 1.29 is 4.79 Å². The highest BCUT2D eigenvalue weighted by molar-refractivity contribution is 5.86. The topological polar surface area (TPSA) is 43.1 Å². The zero-order valence-corrected chi connectivity index (χ0v) is 9.62. The highest BCUT2D eigenvalue weighted by Crippen LogP contribution is 2.30. The number of carbonyl (C=O) groups is 1. The molecule has 2 nitrogen and oxygen atoms in total.